The summed E-state index contributed by atoms with van der Waals surface area (Å²) in [5, 5.41) is 2.83. The van der Waals surface area contributed by atoms with E-state index >= 15 is 0 Å². The normalized spacial score (nSPS) is 30.3. The molecule has 0 spiro atoms. The van der Waals surface area contributed by atoms with Crippen LogP contribution in [0.4, 0.5) is 0 Å². The van der Waals surface area contributed by atoms with Crippen LogP contribution in [-0.2, 0) is 14.6 Å². The van der Waals surface area contributed by atoms with E-state index in [0.29, 0.717) is 6.42 Å². The molecule has 1 heterocycles. The van der Waals surface area contributed by atoms with Gasteiger partial charge < -0.3 is 5.32 Å². The van der Waals surface area contributed by atoms with E-state index in [-0.39, 0.29) is 28.2 Å². The van der Waals surface area contributed by atoms with Crippen molar-refractivity contribution < 1.29 is 13.2 Å². The Hall–Kier alpha value is -0.100. The molecule has 0 aliphatic carbocycles. The molecule has 1 amide bonds. The van der Waals surface area contributed by atoms with Crippen LogP contribution in [0.3, 0.4) is 0 Å². The maximum Gasteiger partial charge on any atom is 0.234 e. The van der Waals surface area contributed by atoms with Crippen molar-refractivity contribution in [3.05, 3.63) is 0 Å². The number of rotatable bonds is 3. The molecular formula is C10H18BrNO3S. The van der Waals surface area contributed by atoms with Crippen molar-refractivity contribution in [1.82, 2.24) is 5.32 Å². The van der Waals surface area contributed by atoms with Crippen LogP contribution in [0, 0.1) is 5.92 Å². The van der Waals surface area contributed by atoms with Crippen molar-refractivity contribution in [2.45, 2.75) is 37.6 Å². The first-order chi connectivity index (χ1) is 7.15. The van der Waals surface area contributed by atoms with E-state index in [4.69, 9.17) is 0 Å². The Morgan fingerprint density at radius 2 is 2.00 bits per heavy atom. The monoisotopic (exact) mass is 311 g/mol. The molecule has 0 aromatic rings. The van der Waals surface area contributed by atoms with E-state index in [2.05, 4.69) is 21.2 Å². The van der Waals surface area contributed by atoms with Crippen LogP contribution in [0.2, 0.25) is 0 Å². The number of carbonyl (C=O) groups is 1. The number of hydrogen-bond acceptors (Lipinski definition) is 3. The van der Waals surface area contributed by atoms with E-state index in [1.165, 1.54) is 0 Å². The Labute approximate surface area is 105 Å². The molecule has 2 unspecified atom stereocenters. The van der Waals surface area contributed by atoms with Gasteiger partial charge in [-0.25, -0.2) is 8.42 Å². The lowest BCUT2D eigenvalue weighted by Crippen LogP contribution is -2.50. The summed E-state index contributed by atoms with van der Waals surface area (Å²) < 4.78 is 22.7. The number of nitrogens with one attached hydrogen (secondary N) is 1. The second-order valence-electron chi connectivity index (χ2n) is 5.04. The summed E-state index contributed by atoms with van der Waals surface area (Å²) in [6.45, 7) is 5.66. The van der Waals surface area contributed by atoms with Gasteiger partial charge in [-0.2, -0.15) is 0 Å². The molecule has 0 saturated carbocycles. The largest absolute Gasteiger partial charge is 0.349 e. The van der Waals surface area contributed by atoms with Crippen LogP contribution in [0.1, 0.15) is 27.2 Å². The van der Waals surface area contributed by atoms with Crippen molar-refractivity contribution in [3.8, 4) is 0 Å². The summed E-state index contributed by atoms with van der Waals surface area (Å²) in [6, 6.07) is 0. The second kappa shape index (κ2) is 4.64. The summed E-state index contributed by atoms with van der Waals surface area (Å²) in [7, 11) is -2.98. The second-order valence-corrected chi connectivity index (χ2v) is 8.21. The molecule has 0 radical (unpaired) electrons. The van der Waals surface area contributed by atoms with E-state index in [1.54, 1.807) is 6.92 Å². The summed E-state index contributed by atoms with van der Waals surface area (Å²) in [5.41, 5.74) is -0.600. The molecule has 6 heteroatoms. The number of carbonyl (C=O) groups excluding carboxylic acids is 1. The minimum absolute atomic E-state index is 0.0452. The highest BCUT2D eigenvalue weighted by atomic mass is 79.9. The van der Waals surface area contributed by atoms with Gasteiger partial charge in [-0.1, -0.05) is 29.8 Å². The van der Waals surface area contributed by atoms with Crippen LogP contribution in [0.5, 0.6) is 0 Å². The molecule has 0 aromatic heterocycles. The summed E-state index contributed by atoms with van der Waals surface area (Å²) >= 11 is 3.31. The van der Waals surface area contributed by atoms with Gasteiger partial charge in [0.15, 0.2) is 9.84 Å². The minimum Gasteiger partial charge on any atom is -0.349 e. The third-order valence-electron chi connectivity index (χ3n) is 2.76. The molecule has 16 heavy (non-hydrogen) atoms. The Morgan fingerprint density at radius 3 is 2.38 bits per heavy atom. The molecule has 2 atom stereocenters. The summed E-state index contributed by atoms with van der Waals surface area (Å²) in [5.74, 6) is 0.262. The number of amides is 1. The predicted octanol–water partition coefficient (Wildman–Crippen LogP) is 1.10. The quantitative estimate of drug-likeness (QED) is 0.794. The van der Waals surface area contributed by atoms with Crippen molar-refractivity contribution in [2.24, 2.45) is 5.92 Å². The van der Waals surface area contributed by atoms with Gasteiger partial charge in [0.2, 0.25) is 5.91 Å². The SMILES string of the molecule is CC(C)C(Br)C(=O)NC1(C)CCS(=O)(=O)C1. The fraction of sp³-hybridized carbons (Fsp3) is 0.900. The molecular weight excluding hydrogens is 294 g/mol. The topological polar surface area (TPSA) is 63.2 Å². The van der Waals surface area contributed by atoms with Gasteiger partial charge in [-0.15, -0.1) is 0 Å². The number of alkyl halides is 1. The van der Waals surface area contributed by atoms with Gasteiger partial charge in [0, 0.05) is 0 Å². The van der Waals surface area contributed by atoms with Gasteiger partial charge in [-0.05, 0) is 19.3 Å². The van der Waals surface area contributed by atoms with E-state index in [9.17, 15) is 13.2 Å². The molecule has 1 aliphatic heterocycles. The molecule has 0 aromatic carbocycles. The zero-order valence-corrected chi connectivity index (χ0v) is 12.2. The molecule has 1 rings (SSSR count). The van der Waals surface area contributed by atoms with E-state index < -0.39 is 15.4 Å². The Kier molecular flexibility index (Phi) is 4.05. The third-order valence-corrected chi connectivity index (χ3v) is 6.14. The molecule has 0 bridgehead atoms. The number of halogens is 1. The average molecular weight is 312 g/mol. The smallest absolute Gasteiger partial charge is 0.234 e. The Bertz CT molecular complexity index is 380. The van der Waals surface area contributed by atoms with Gasteiger partial charge in [-0.3, -0.25) is 4.79 Å². The van der Waals surface area contributed by atoms with Crippen LogP contribution in [0.15, 0.2) is 0 Å². The molecule has 4 nitrogen and oxygen atoms in total. The van der Waals surface area contributed by atoms with E-state index in [1.807, 2.05) is 13.8 Å². The molecule has 1 saturated heterocycles. The standard InChI is InChI=1S/C10H18BrNO3S/c1-7(2)8(11)9(13)12-10(3)4-5-16(14,15)6-10/h7-8H,4-6H2,1-3H3,(H,12,13). The average Bonchev–Trinajstić information content (AvgIpc) is 2.38. The van der Waals surface area contributed by atoms with Crippen LogP contribution < -0.4 is 5.32 Å². The van der Waals surface area contributed by atoms with E-state index in [0.717, 1.165) is 0 Å². The fourth-order valence-corrected chi connectivity index (χ4v) is 3.99. The van der Waals surface area contributed by atoms with Crippen LogP contribution in [0.25, 0.3) is 0 Å². The maximum absolute atomic E-state index is 11.8. The lowest BCUT2D eigenvalue weighted by molar-refractivity contribution is -0.122. The van der Waals surface area contributed by atoms with Gasteiger partial charge in [0.1, 0.15) is 0 Å². The first-order valence-electron chi connectivity index (χ1n) is 5.32. The Morgan fingerprint density at radius 1 is 1.44 bits per heavy atom. The predicted molar refractivity (Wildman–Crippen MR) is 67.4 cm³/mol. The maximum atomic E-state index is 11.8. The highest BCUT2D eigenvalue weighted by Gasteiger charge is 2.40. The molecule has 1 N–H and O–H groups in total. The number of hydrogen-bond donors (Lipinski definition) is 1. The van der Waals surface area contributed by atoms with Crippen molar-refractivity contribution in [3.63, 3.8) is 0 Å². The van der Waals surface area contributed by atoms with Crippen LogP contribution >= 0.6 is 15.9 Å². The highest BCUT2D eigenvalue weighted by molar-refractivity contribution is 9.10. The van der Waals surface area contributed by atoms with Crippen molar-refractivity contribution in [1.29, 1.82) is 0 Å². The summed E-state index contributed by atoms with van der Waals surface area (Å²) in [6.07, 6.45) is 0.499. The lowest BCUT2D eigenvalue weighted by Gasteiger charge is -2.26. The minimum atomic E-state index is -2.98. The zero-order valence-electron chi connectivity index (χ0n) is 9.79. The van der Waals surface area contributed by atoms with Crippen LogP contribution in [-0.4, -0.2) is 36.2 Å². The third kappa shape index (κ3) is 3.45. The van der Waals surface area contributed by atoms with Gasteiger partial charge in [0.05, 0.1) is 21.9 Å². The van der Waals surface area contributed by atoms with Gasteiger partial charge in [0.25, 0.3) is 0 Å². The molecule has 94 valence electrons. The molecule has 1 aliphatic rings. The summed E-state index contributed by atoms with van der Waals surface area (Å²) in [4.78, 5) is 11.5. The zero-order chi connectivity index (χ0) is 12.6. The lowest BCUT2D eigenvalue weighted by atomic mass is 10.0. The first kappa shape index (κ1) is 14.0. The first-order valence-corrected chi connectivity index (χ1v) is 8.05. The van der Waals surface area contributed by atoms with Crippen molar-refractivity contribution in [2.75, 3.05) is 11.5 Å². The Balaban J connectivity index is 2.65. The molecule has 1 fully saturated rings. The van der Waals surface area contributed by atoms with Crippen molar-refractivity contribution >= 4 is 31.7 Å². The highest BCUT2D eigenvalue weighted by Crippen LogP contribution is 2.24. The number of sulfone groups is 1. The fourth-order valence-electron chi connectivity index (χ4n) is 1.78. The van der Waals surface area contributed by atoms with Gasteiger partial charge >= 0.3 is 0 Å².